The Morgan fingerprint density at radius 2 is 2.14 bits per heavy atom. The lowest BCUT2D eigenvalue weighted by atomic mass is 10.1. The number of rotatable bonds is 6. The fourth-order valence-electron chi connectivity index (χ4n) is 2.45. The molecule has 118 valence electrons. The molecule has 1 N–H and O–H groups in total. The Bertz CT molecular complexity index is 647. The van der Waals surface area contributed by atoms with Gasteiger partial charge in [0.25, 0.3) is 5.91 Å². The normalized spacial score (nSPS) is 10.8. The predicted molar refractivity (Wildman–Crippen MR) is 85.3 cm³/mol. The standard InChI is InChI=1S/C16H22N4O2/c1-5-13(6-2)20-11(3)14(10-18-20)16(21)19-12-7-8-17-15(9-12)22-4/h7-10,13H,5-6H2,1-4H3,(H,17,19,21). The van der Waals surface area contributed by atoms with Gasteiger partial charge in [-0.1, -0.05) is 13.8 Å². The lowest BCUT2D eigenvalue weighted by Gasteiger charge is -2.15. The van der Waals surface area contributed by atoms with E-state index in [0.717, 1.165) is 18.5 Å². The van der Waals surface area contributed by atoms with Gasteiger partial charge in [0, 0.05) is 23.6 Å². The third-order valence-corrected chi connectivity index (χ3v) is 3.78. The van der Waals surface area contributed by atoms with E-state index in [0.29, 0.717) is 23.2 Å². The zero-order valence-electron chi connectivity index (χ0n) is 13.5. The van der Waals surface area contributed by atoms with Gasteiger partial charge in [-0.2, -0.15) is 5.10 Å². The number of ether oxygens (including phenoxy) is 1. The molecule has 0 saturated heterocycles. The molecule has 0 spiro atoms. The van der Waals surface area contributed by atoms with Crippen molar-refractivity contribution in [2.75, 3.05) is 12.4 Å². The van der Waals surface area contributed by atoms with Crippen molar-refractivity contribution in [1.29, 1.82) is 0 Å². The zero-order chi connectivity index (χ0) is 16.1. The van der Waals surface area contributed by atoms with Crippen LogP contribution < -0.4 is 10.1 Å². The molecule has 22 heavy (non-hydrogen) atoms. The lowest BCUT2D eigenvalue weighted by molar-refractivity contribution is 0.102. The van der Waals surface area contributed by atoms with Crippen LogP contribution in [0.2, 0.25) is 0 Å². The number of hydrogen-bond donors (Lipinski definition) is 1. The Morgan fingerprint density at radius 1 is 1.41 bits per heavy atom. The molecule has 2 aromatic rings. The molecule has 0 unspecified atom stereocenters. The van der Waals surface area contributed by atoms with E-state index in [1.165, 1.54) is 7.11 Å². The molecule has 0 fully saturated rings. The first kappa shape index (κ1) is 16.0. The summed E-state index contributed by atoms with van der Waals surface area (Å²) in [6.45, 7) is 6.17. The summed E-state index contributed by atoms with van der Waals surface area (Å²) in [6, 6.07) is 3.72. The monoisotopic (exact) mass is 302 g/mol. The van der Waals surface area contributed by atoms with Crippen LogP contribution in [-0.4, -0.2) is 27.8 Å². The summed E-state index contributed by atoms with van der Waals surface area (Å²) in [7, 11) is 1.54. The summed E-state index contributed by atoms with van der Waals surface area (Å²) in [4.78, 5) is 16.4. The number of nitrogens with zero attached hydrogens (tertiary/aromatic N) is 3. The van der Waals surface area contributed by atoms with Crippen molar-refractivity contribution >= 4 is 11.6 Å². The van der Waals surface area contributed by atoms with Crippen molar-refractivity contribution in [3.8, 4) is 5.88 Å². The van der Waals surface area contributed by atoms with Crippen LogP contribution in [0.1, 0.15) is 48.8 Å². The van der Waals surface area contributed by atoms with Gasteiger partial charge in [0.2, 0.25) is 5.88 Å². The molecule has 1 amide bonds. The zero-order valence-corrected chi connectivity index (χ0v) is 13.5. The van der Waals surface area contributed by atoms with E-state index in [2.05, 4.69) is 29.2 Å². The number of pyridine rings is 1. The fraction of sp³-hybridized carbons (Fsp3) is 0.438. The van der Waals surface area contributed by atoms with Gasteiger partial charge in [-0.3, -0.25) is 9.48 Å². The minimum atomic E-state index is -0.178. The van der Waals surface area contributed by atoms with E-state index in [1.54, 1.807) is 24.5 Å². The minimum absolute atomic E-state index is 0.178. The Balaban J connectivity index is 2.19. The van der Waals surface area contributed by atoms with E-state index < -0.39 is 0 Å². The van der Waals surface area contributed by atoms with Crippen LogP contribution in [-0.2, 0) is 0 Å². The summed E-state index contributed by atoms with van der Waals surface area (Å²) in [5, 5.41) is 7.22. The molecule has 2 heterocycles. The van der Waals surface area contributed by atoms with E-state index in [1.807, 2.05) is 11.6 Å². The number of carbonyl (C=O) groups excluding carboxylic acids is 1. The molecule has 2 aromatic heterocycles. The van der Waals surface area contributed by atoms with Crippen molar-refractivity contribution in [2.24, 2.45) is 0 Å². The molecule has 6 nitrogen and oxygen atoms in total. The second-order valence-electron chi connectivity index (χ2n) is 5.10. The van der Waals surface area contributed by atoms with Crippen LogP contribution in [0.25, 0.3) is 0 Å². The van der Waals surface area contributed by atoms with Gasteiger partial charge in [0.05, 0.1) is 24.9 Å². The maximum Gasteiger partial charge on any atom is 0.259 e. The molecular formula is C16H22N4O2. The number of nitrogens with one attached hydrogen (secondary N) is 1. The molecular weight excluding hydrogens is 280 g/mol. The van der Waals surface area contributed by atoms with Gasteiger partial charge >= 0.3 is 0 Å². The average Bonchev–Trinajstić information content (AvgIpc) is 2.91. The molecule has 0 radical (unpaired) electrons. The quantitative estimate of drug-likeness (QED) is 0.889. The van der Waals surface area contributed by atoms with Crippen LogP contribution in [0.3, 0.4) is 0 Å². The van der Waals surface area contributed by atoms with Crippen molar-refractivity contribution in [3.63, 3.8) is 0 Å². The topological polar surface area (TPSA) is 69.0 Å². The summed E-state index contributed by atoms with van der Waals surface area (Å²) in [5.41, 5.74) is 2.11. The summed E-state index contributed by atoms with van der Waals surface area (Å²) in [6.07, 6.45) is 5.19. The second-order valence-corrected chi connectivity index (χ2v) is 5.10. The minimum Gasteiger partial charge on any atom is -0.481 e. The van der Waals surface area contributed by atoms with Crippen LogP contribution >= 0.6 is 0 Å². The van der Waals surface area contributed by atoms with Crippen molar-refractivity contribution < 1.29 is 9.53 Å². The second kappa shape index (κ2) is 7.06. The van der Waals surface area contributed by atoms with Gasteiger partial charge in [0.15, 0.2) is 0 Å². The van der Waals surface area contributed by atoms with E-state index in [-0.39, 0.29) is 5.91 Å². The van der Waals surface area contributed by atoms with Gasteiger partial charge in [-0.15, -0.1) is 0 Å². The highest BCUT2D eigenvalue weighted by Crippen LogP contribution is 2.20. The van der Waals surface area contributed by atoms with Crippen LogP contribution in [0.15, 0.2) is 24.5 Å². The molecule has 0 bridgehead atoms. The largest absolute Gasteiger partial charge is 0.481 e. The molecule has 2 rings (SSSR count). The first-order chi connectivity index (χ1) is 10.6. The van der Waals surface area contributed by atoms with E-state index in [9.17, 15) is 4.79 Å². The third kappa shape index (κ3) is 3.27. The highest BCUT2D eigenvalue weighted by atomic mass is 16.5. The molecule has 0 aliphatic heterocycles. The number of amides is 1. The van der Waals surface area contributed by atoms with E-state index in [4.69, 9.17) is 4.74 Å². The maximum atomic E-state index is 12.4. The maximum absolute atomic E-state index is 12.4. The Labute approximate surface area is 130 Å². The predicted octanol–water partition coefficient (Wildman–Crippen LogP) is 3.21. The van der Waals surface area contributed by atoms with Crippen LogP contribution in [0.5, 0.6) is 5.88 Å². The Kier molecular flexibility index (Phi) is 5.14. The molecule has 0 aromatic carbocycles. The van der Waals surface area contributed by atoms with Gasteiger partial charge in [-0.25, -0.2) is 4.98 Å². The summed E-state index contributed by atoms with van der Waals surface area (Å²) >= 11 is 0. The number of carbonyl (C=O) groups is 1. The molecule has 6 heteroatoms. The Hall–Kier alpha value is -2.37. The molecule has 0 atom stereocenters. The average molecular weight is 302 g/mol. The number of aromatic nitrogens is 3. The number of anilines is 1. The van der Waals surface area contributed by atoms with Crippen molar-refractivity contribution in [1.82, 2.24) is 14.8 Å². The SMILES string of the molecule is CCC(CC)n1ncc(C(=O)Nc2ccnc(OC)c2)c1C. The van der Waals surface area contributed by atoms with Gasteiger partial charge in [-0.05, 0) is 25.8 Å². The van der Waals surface area contributed by atoms with Crippen LogP contribution in [0, 0.1) is 6.92 Å². The third-order valence-electron chi connectivity index (χ3n) is 3.78. The lowest BCUT2D eigenvalue weighted by Crippen LogP contribution is -2.15. The highest BCUT2D eigenvalue weighted by Gasteiger charge is 2.18. The summed E-state index contributed by atoms with van der Waals surface area (Å²) in [5.74, 6) is 0.283. The van der Waals surface area contributed by atoms with Crippen molar-refractivity contribution in [2.45, 2.75) is 39.7 Å². The Morgan fingerprint density at radius 3 is 2.77 bits per heavy atom. The van der Waals surface area contributed by atoms with Crippen molar-refractivity contribution in [3.05, 3.63) is 35.8 Å². The molecule has 0 aliphatic carbocycles. The highest BCUT2D eigenvalue weighted by molar-refractivity contribution is 6.04. The van der Waals surface area contributed by atoms with E-state index >= 15 is 0 Å². The fourth-order valence-corrected chi connectivity index (χ4v) is 2.45. The molecule has 0 aliphatic rings. The first-order valence-electron chi connectivity index (χ1n) is 7.46. The first-order valence-corrected chi connectivity index (χ1v) is 7.46. The van der Waals surface area contributed by atoms with Gasteiger partial charge in [0.1, 0.15) is 0 Å². The summed E-state index contributed by atoms with van der Waals surface area (Å²) < 4.78 is 6.98. The number of hydrogen-bond acceptors (Lipinski definition) is 4. The van der Waals surface area contributed by atoms with Crippen LogP contribution in [0.4, 0.5) is 5.69 Å². The van der Waals surface area contributed by atoms with Gasteiger partial charge < -0.3 is 10.1 Å². The number of methoxy groups -OCH3 is 1. The smallest absolute Gasteiger partial charge is 0.259 e. The molecule has 0 saturated carbocycles.